The van der Waals surface area contributed by atoms with Crippen LogP contribution in [0.2, 0.25) is 0 Å². The molecule has 4 heteroatoms. The zero-order valence-corrected chi connectivity index (χ0v) is 13.1. The molecule has 0 aromatic heterocycles. The summed E-state index contributed by atoms with van der Waals surface area (Å²) in [4.78, 5) is 23.5. The lowest BCUT2D eigenvalue weighted by Gasteiger charge is -2.11. The van der Waals surface area contributed by atoms with Crippen LogP contribution in [0.1, 0.15) is 61.7 Å². The Bertz CT molecular complexity index is 467. The molecule has 0 aliphatic heterocycles. The minimum absolute atomic E-state index is 0.0282. The topological polar surface area (TPSA) is 58.2 Å². The molecule has 0 atom stereocenters. The molecule has 1 saturated carbocycles. The van der Waals surface area contributed by atoms with Crippen LogP contribution in [0.25, 0.3) is 0 Å². The summed E-state index contributed by atoms with van der Waals surface area (Å²) in [5, 5.41) is 6.01. The van der Waals surface area contributed by atoms with Gasteiger partial charge in [0.25, 0.3) is 5.91 Å². The van der Waals surface area contributed by atoms with Gasteiger partial charge in [-0.15, -0.1) is 0 Å². The van der Waals surface area contributed by atoms with E-state index in [4.69, 9.17) is 0 Å². The largest absolute Gasteiger partial charge is 0.353 e. The molecule has 0 unspecified atom stereocenters. The first-order valence-corrected chi connectivity index (χ1v) is 8.38. The number of carbonyl (C=O) groups excluding carboxylic acids is 2. The number of rotatable bonds is 8. The summed E-state index contributed by atoms with van der Waals surface area (Å²) in [5.41, 5.74) is 0.693. The van der Waals surface area contributed by atoms with Gasteiger partial charge in [0.2, 0.25) is 5.91 Å². The van der Waals surface area contributed by atoms with Crippen LogP contribution in [0.4, 0.5) is 0 Å². The van der Waals surface area contributed by atoms with Crippen LogP contribution < -0.4 is 10.6 Å². The minimum atomic E-state index is -0.0282. The summed E-state index contributed by atoms with van der Waals surface area (Å²) in [6, 6.07) is 9.65. The number of nitrogens with one attached hydrogen (secondary N) is 2. The van der Waals surface area contributed by atoms with Crippen molar-refractivity contribution in [1.82, 2.24) is 10.6 Å². The van der Waals surface area contributed by atoms with Gasteiger partial charge in [0.1, 0.15) is 0 Å². The molecule has 0 heterocycles. The second kappa shape index (κ2) is 9.23. The van der Waals surface area contributed by atoms with Crippen LogP contribution in [-0.2, 0) is 4.79 Å². The van der Waals surface area contributed by atoms with E-state index in [1.807, 2.05) is 30.3 Å². The van der Waals surface area contributed by atoms with Gasteiger partial charge in [-0.25, -0.2) is 0 Å². The molecule has 1 aliphatic rings. The normalized spacial score (nSPS) is 14.7. The molecule has 2 amide bonds. The number of amides is 2. The standard InChI is InChI=1S/C18H26N2O2/c21-17(20-16-11-6-7-12-16)13-5-2-8-14-19-18(22)15-9-3-1-4-10-15/h1,3-4,9-10,16H,2,5-8,11-14H2,(H,19,22)(H,20,21). The SMILES string of the molecule is O=C(CCCCCNC(=O)c1ccccc1)NC1CCCC1. The summed E-state index contributed by atoms with van der Waals surface area (Å²) in [6.45, 7) is 0.665. The van der Waals surface area contributed by atoms with Gasteiger partial charge in [-0.1, -0.05) is 37.5 Å². The van der Waals surface area contributed by atoms with Crippen LogP contribution in [0.3, 0.4) is 0 Å². The van der Waals surface area contributed by atoms with Crippen molar-refractivity contribution in [3.63, 3.8) is 0 Å². The molecule has 0 saturated heterocycles. The highest BCUT2D eigenvalue weighted by atomic mass is 16.2. The maximum Gasteiger partial charge on any atom is 0.251 e. The van der Waals surface area contributed by atoms with E-state index in [2.05, 4.69) is 10.6 Å². The first-order chi connectivity index (χ1) is 10.8. The van der Waals surface area contributed by atoms with E-state index in [1.54, 1.807) is 0 Å². The molecule has 0 spiro atoms. The minimum Gasteiger partial charge on any atom is -0.353 e. The first-order valence-electron chi connectivity index (χ1n) is 8.38. The van der Waals surface area contributed by atoms with E-state index >= 15 is 0 Å². The number of hydrogen-bond donors (Lipinski definition) is 2. The fourth-order valence-electron chi connectivity index (χ4n) is 2.85. The molecule has 1 aromatic rings. The summed E-state index contributed by atoms with van der Waals surface area (Å²) in [7, 11) is 0. The quantitative estimate of drug-likeness (QED) is 0.725. The number of carbonyl (C=O) groups is 2. The molecule has 1 fully saturated rings. The molecule has 2 rings (SSSR count). The Morgan fingerprint density at radius 2 is 1.73 bits per heavy atom. The van der Waals surface area contributed by atoms with Gasteiger partial charge in [-0.05, 0) is 37.8 Å². The van der Waals surface area contributed by atoms with Crippen molar-refractivity contribution in [2.45, 2.75) is 57.4 Å². The van der Waals surface area contributed by atoms with E-state index in [0.29, 0.717) is 24.6 Å². The molecule has 0 radical (unpaired) electrons. The molecular formula is C18H26N2O2. The Morgan fingerprint density at radius 3 is 2.45 bits per heavy atom. The van der Waals surface area contributed by atoms with E-state index in [-0.39, 0.29) is 11.8 Å². The van der Waals surface area contributed by atoms with Crippen molar-refractivity contribution < 1.29 is 9.59 Å². The van der Waals surface area contributed by atoms with Crippen molar-refractivity contribution >= 4 is 11.8 Å². The van der Waals surface area contributed by atoms with Crippen LogP contribution >= 0.6 is 0 Å². The van der Waals surface area contributed by atoms with Gasteiger partial charge in [-0.2, -0.15) is 0 Å². The molecule has 22 heavy (non-hydrogen) atoms. The lowest BCUT2D eigenvalue weighted by molar-refractivity contribution is -0.121. The number of unbranched alkanes of at least 4 members (excludes halogenated alkanes) is 2. The predicted molar refractivity (Wildman–Crippen MR) is 87.6 cm³/mol. The van der Waals surface area contributed by atoms with E-state index in [9.17, 15) is 9.59 Å². The number of benzene rings is 1. The second-order valence-corrected chi connectivity index (χ2v) is 5.98. The fraction of sp³-hybridized carbons (Fsp3) is 0.556. The zero-order chi connectivity index (χ0) is 15.6. The highest BCUT2D eigenvalue weighted by Gasteiger charge is 2.16. The van der Waals surface area contributed by atoms with Crippen LogP contribution in [0.5, 0.6) is 0 Å². The summed E-state index contributed by atoms with van der Waals surface area (Å²) in [6.07, 6.45) is 8.12. The van der Waals surface area contributed by atoms with Crippen LogP contribution in [0.15, 0.2) is 30.3 Å². The number of hydrogen-bond acceptors (Lipinski definition) is 2. The average Bonchev–Trinajstić information content (AvgIpc) is 3.04. The van der Waals surface area contributed by atoms with E-state index in [0.717, 1.165) is 32.1 Å². The van der Waals surface area contributed by atoms with Crippen molar-refractivity contribution in [3.05, 3.63) is 35.9 Å². The highest BCUT2D eigenvalue weighted by molar-refractivity contribution is 5.94. The first kappa shape index (κ1) is 16.5. The Morgan fingerprint density at radius 1 is 1.00 bits per heavy atom. The van der Waals surface area contributed by atoms with Crippen molar-refractivity contribution in [1.29, 1.82) is 0 Å². The summed E-state index contributed by atoms with van der Waals surface area (Å²) in [5.74, 6) is 0.153. The van der Waals surface area contributed by atoms with Gasteiger partial charge in [-0.3, -0.25) is 9.59 Å². The molecule has 120 valence electrons. The molecular weight excluding hydrogens is 276 g/mol. The monoisotopic (exact) mass is 302 g/mol. The third-order valence-electron chi connectivity index (χ3n) is 4.12. The Balaban J connectivity index is 1.49. The Hall–Kier alpha value is -1.84. The van der Waals surface area contributed by atoms with Gasteiger partial charge < -0.3 is 10.6 Å². The van der Waals surface area contributed by atoms with E-state index in [1.165, 1.54) is 12.8 Å². The lowest BCUT2D eigenvalue weighted by Crippen LogP contribution is -2.32. The maximum atomic E-state index is 11.8. The smallest absolute Gasteiger partial charge is 0.251 e. The second-order valence-electron chi connectivity index (χ2n) is 5.98. The predicted octanol–water partition coefficient (Wildman–Crippen LogP) is 3.04. The van der Waals surface area contributed by atoms with Crippen molar-refractivity contribution in [2.24, 2.45) is 0 Å². The summed E-state index contributed by atoms with van der Waals surface area (Å²) < 4.78 is 0. The van der Waals surface area contributed by atoms with Gasteiger partial charge in [0, 0.05) is 24.6 Å². The Labute approximate surface area is 132 Å². The zero-order valence-electron chi connectivity index (χ0n) is 13.1. The third kappa shape index (κ3) is 5.88. The van der Waals surface area contributed by atoms with Gasteiger partial charge in [0.15, 0.2) is 0 Å². The molecule has 2 N–H and O–H groups in total. The highest BCUT2D eigenvalue weighted by Crippen LogP contribution is 2.17. The fourth-order valence-corrected chi connectivity index (χ4v) is 2.85. The Kier molecular flexibility index (Phi) is 6.94. The lowest BCUT2D eigenvalue weighted by atomic mass is 10.1. The van der Waals surface area contributed by atoms with Gasteiger partial charge in [0.05, 0.1) is 0 Å². The van der Waals surface area contributed by atoms with Crippen LogP contribution in [0, 0.1) is 0 Å². The average molecular weight is 302 g/mol. The molecule has 1 aliphatic carbocycles. The molecule has 4 nitrogen and oxygen atoms in total. The molecule has 1 aromatic carbocycles. The third-order valence-corrected chi connectivity index (χ3v) is 4.12. The van der Waals surface area contributed by atoms with Crippen molar-refractivity contribution in [3.8, 4) is 0 Å². The van der Waals surface area contributed by atoms with Gasteiger partial charge >= 0.3 is 0 Å². The maximum absolute atomic E-state index is 11.8. The summed E-state index contributed by atoms with van der Waals surface area (Å²) >= 11 is 0. The molecule has 0 bridgehead atoms. The van der Waals surface area contributed by atoms with E-state index < -0.39 is 0 Å². The van der Waals surface area contributed by atoms with Crippen LogP contribution in [-0.4, -0.2) is 24.4 Å². The van der Waals surface area contributed by atoms with Crippen molar-refractivity contribution in [2.75, 3.05) is 6.54 Å².